The van der Waals surface area contributed by atoms with Crippen molar-refractivity contribution in [3.63, 3.8) is 0 Å². The maximum Gasteiger partial charge on any atom is 0.330 e. The molecular formula is C19H14Cl2N2O3S. The largest absolute Gasteiger partial charge is 0.479 e. The third-order valence-electron chi connectivity index (χ3n) is 3.76. The quantitative estimate of drug-likeness (QED) is 0.610. The lowest BCUT2D eigenvalue weighted by Gasteiger charge is -2.14. The van der Waals surface area contributed by atoms with Gasteiger partial charge in [-0.15, -0.1) is 11.3 Å². The lowest BCUT2D eigenvalue weighted by atomic mass is 10.1. The summed E-state index contributed by atoms with van der Waals surface area (Å²) < 4.78 is 0. The van der Waals surface area contributed by atoms with Gasteiger partial charge >= 0.3 is 5.97 Å². The second-order valence-corrected chi connectivity index (χ2v) is 7.34. The zero-order chi connectivity index (χ0) is 19.4. The minimum atomic E-state index is -1.13. The van der Waals surface area contributed by atoms with Crippen molar-refractivity contribution in [3.8, 4) is 10.6 Å². The topological polar surface area (TPSA) is 79.3 Å². The lowest BCUT2D eigenvalue weighted by Crippen LogP contribution is -2.34. The Balaban J connectivity index is 1.73. The molecule has 1 atom stereocenters. The Morgan fingerprint density at radius 2 is 1.74 bits per heavy atom. The molecule has 8 heteroatoms. The summed E-state index contributed by atoms with van der Waals surface area (Å²) in [6.07, 6.45) is -0.0464. The number of hydrogen-bond donors (Lipinski definition) is 2. The molecule has 3 rings (SSSR count). The third kappa shape index (κ3) is 4.66. The van der Waals surface area contributed by atoms with Gasteiger partial charge in [-0.05, 0) is 17.7 Å². The molecule has 27 heavy (non-hydrogen) atoms. The number of carboxylic acid groups (broad SMARTS) is 1. The van der Waals surface area contributed by atoms with Crippen molar-refractivity contribution in [1.29, 1.82) is 0 Å². The molecule has 2 N–H and O–H groups in total. The van der Waals surface area contributed by atoms with Crippen LogP contribution in [0, 0.1) is 0 Å². The van der Waals surface area contributed by atoms with Gasteiger partial charge in [0.2, 0.25) is 5.91 Å². The van der Waals surface area contributed by atoms with Gasteiger partial charge in [0.15, 0.2) is 6.04 Å². The van der Waals surface area contributed by atoms with Crippen molar-refractivity contribution in [2.75, 3.05) is 0 Å². The maximum absolute atomic E-state index is 12.3. The number of halogens is 2. The van der Waals surface area contributed by atoms with Crippen LogP contribution in [-0.4, -0.2) is 22.0 Å². The van der Waals surface area contributed by atoms with E-state index in [4.69, 9.17) is 23.2 Å². The van der Waals surface area contributed by atoms with Gasteiger partial charge in [-0.2, -0.15) is 0 Å². The molecular weight excluding hydrogens is 407 g/mol. The third-order valence-corrected chi connectivity index (χ3v) is 5.29. The van der Waals surface area contributed by atoms with E-state index in [2.05, 4.69) is 10.3 Å². The minimum Gasteiger partial charge on any atom is -0.479 e. The summed E-state index contributed by atoms with van der Waals surface area (Å²) in [7, 11) is 0. The highest BCUT2D eigenvalue weighted by Gasteiger charge is 2.22. The molecule has 0 fully saturated rings. The summed E-state index contributed by atoms with van der Waals surface area (Å²) in [5.74, 6) is -1.57. The lowest BCUT2D eigenvalue weighted by molar-refractivity contribution is -0.142. The molecule has 0 unspecified atom stereocenters. The van der Waals surface area contributed by atoms with E-state index in [1.54, 1.807) is 53.9 Å². The molecule has 5 nitrogen and oxygen atoms in total. The molecule has 1 aromatic heterocycles. The fourth-order valence-electron chi connectivity index (χ4n) is 2.51. The summed E-state index contributed by atoms with van der Waals surface area (Å²) in [4.78, 5) is 28.2. The van der Waals surface area contributed by atoms with Crippen molar-refractivity contribution in [2.45, 2.75) is 12.5 Å². The van der Waals surface area contributed by atoms with E-state index in [1.807, 2.05) is 0 Å². The SMILES string of the molecule is O=C(Cc1csc(-c2c(Cl)cccc2Cl)n1)N[C@H](C(=O)O)c1ccccc1. The van der Waals surface area contributed by atoms with Crippen LogP contribution < -0.4 is 5.32 Å². The fourth-order valence-corrected chi connectivity index (χ4v) is 4.09. The van der Waals surface area contributed by atoms with Crippen LogP contribution in [0.25, 0.3) is 10.6 Å². The molecule has 1 heterocycles. The molecule has 0 saturated carbocycles. The molecule has 0 saturated heterocycles. The second kappa shape index (κ2) is 8.52. The van der Waals surface area contributed by atoms with Gasteiger partial charge in [0, 0.05) is 10.9 Å². The minimum absolute atomic E-state index is 0.0464. The van der Waals surface area contributed by atoms with Crippen LogP contribution in [0.5, 0.6) is 0 Å². The molecule has 138 valence electrons. The number of carboxylic acids is 1. The van der Waals surface area contributed by atoms with Crippen LogP contribution in [0.4, 0.5) is 0 Å². The van der Waals surface area contributed by atoms with E-state index in [-0.39, 0.29) is 6.42 Å². The van der Waals surface area contributed by atoms with Gasteiger partial charge in [-0.3, -0.25) is 4.79 Å². The Bertz CT molecular complexity index is 956. The molecule has 1 amide bonds. The van der Waals surface area contributed by atoms with Gasteiger partial charge in [0.25, 0.3) is 0 Å². The summed E-state index contributed by atoms with van der Waals surface area (Å²) in [6, 6.07) is 12.6. The predicted octanol–water partition coefficient (Wildman–Crippen LogP) is 4.60. The number of benzene rings is 2. The van der Waals surface area contributed by atoms with E-state index in [0.717, 1.165) is 0 Å². The number of nitrogens with zero attached hydrogens (tertiary/aromatic N) is 1. The zero-order valence-electron chi connectivity index (χ0n) is 13.9. The first kappa shape index (κ1) is 19.4. The van der Waals surface area contributed by atoms with Gasteiger partial charge in [0.1, 0.15) is 5.01 Å². The van der Waals surface area contributed by atoms with Crippen LogP contribution in [0.1, 0.15) is 17.3 Å². The average molecular weight is 421 g/mol. The van der Waals surface area contributed by atoms with Crippen LogP contribution in [0.3, 0.4) is 0 Å². The van der Waals surface area contributed by atoms with Gasteiger partial charge in [-0.1, -0.05) is 59.6 Å². The number of nitrogens with one attached hydrogen (secondary N) is 1. The zero-order valence-corrected chi connectivity index (χ0v) is 16.2. The highest BCUT2D eigenvalue weighted by molar-refractivity contribution is 7.13. The van der Waals surface area contributed by atoms with Crippen LogP contribution >= 0.6 is 34.5 Å². The molecule has 0 aliphatic carbocycles. The number of aliphatic carboxylic acids is 1. The van der Waals surface area contributed by atoms with Gasteiger partial charge in [-0.25, -0.2) is 9.78 Å². The molecule has 0 aliphatic rings. The highest BCUT2D eigenvalue weighted by atomic mass is 35.5. The number of carbonyl (C=O) groups excluding carboxylic acids is 1. The van der Waals surface area contributed by atoms with Crippen LogP contribution in [-0.2, 0) is 16.0 Å². The maximum atomic E-state index is 12.3. The number of amides is 1. The molecule has 0 radical (unpaired) electrons. The first-order chi connectivity index (χ1) is 13.0. The van der Waals surface area contributed by atoms with E-state index in [0.29, 0.717) is 31.9 Å². The van der Waals surface area contributed by atoms with Crippen LogP contribution in [0.2, 0.25) is 10.0 Å². The molecule has 2 aromatic carbocycles. The number of thiazole rings is 1. The van der Waals surface area contributed by atoms with Crippen molar-refractivity contribution in [3.05, 3.63) is 75.2 Å². The fraction of sp³-hybridized carbons (Fsp3) is 0.105. The first-order valence-corrected chi connectivity index (χ1v) is 9.55. The Labute approximate surface area is 169 Å². The smallest absolute Gasteiger partial charge is 0.330 e. The Hall–Kier alpha value is -2.41. The number of carbonyl (C=O) groups is 2. The van der Waals surface area contributed by atoms with E-state index in [9.17, 15) is 14.7 Å². The first-order valence-electron chi connectivity index (χ1n) is 7.91. The normalized spacial score (nSPS) is 11.8. The van der Waals surface area contributed by atoms with Gasteiger partial charge in [0.05, 0.1) is 22.2 Å². The second-order valence-electron chi connectivity index (χ2n) is 5.67. The van der Waals surface area contributed by atoms with E-state index in [1.165, 1.54) is 11.3 Å². The Morgan fingerprint density at radius 1 is 1.07 bits per heavy atom. The van der Waals surface area contributed by atoms with Crippen molar-refractivity contribution < 1.29 is 14.7 Å². The van der Waals surface area contributed by atoms with Crippen molar-refractivity contribution in [2.24, 2.45) is 0 Å². The van der Waals surface area contributed by atoms with E-state index < -0.39 is 17.9 Å². The average Bonchev–Trinajstić information content (AvgIpc) is 3.08. The summed E-state index contributed by atoms with van der Waals surface area (Å²) in [5.41, 5.74) is 1.63. The van der Waals surface area contributed by atoms with Crippen LogP contribution in [0.15, 0.2) is 53.9 Å². The van der Waals surface area contributed by atoms with Crippen molar-refractivity contribution in [1.82, 2.24) is 10.3 Å². The highest BCUT2D eigenvalue weighted by Crippen LogP contribution is 2.36. The van der Waals surface area contributed by atoms with E-state index >= 15 is 0 Å². The molecule has 0 aliphatic heterocycles. The number of aromatic nitrogens is 1. The molecule has 0 spiro atoms. The molecule has 0 bridgehead atoms. The number of hydrogen-bond acceptors (Lipinski definition) is 4. The predicted molar refractivity (Wildman–Crippen MR) is 106 cm³/mol. The standard InChI is InChI=1S/C19H14Cl2N2O3S/c20-13-7-4-8-14(21)16(13)18-22-12(10-27-18)9-15(24)23-17(19(25)26)11-5-2-1-3-6-11/h1-8,10,17H,9H2,(H,23,24)(H,25,26)/t17-/m0/s1. The number of rotatable bonds is 6. The Morgan fingerprint density at radius 3 is 2.37 bits per heavy atom. The Kier molecular flexibility index (Phi) is 6.11. The summed E-state index contributed by atoms with van der Waals surface area (Å²) >= 11 is 13.7. The monoisotopic (exact) mass is 420 g/mol. The molecule has 3 aromatic rings. The van der Waals surface area contributed by atoms with Crippen molar-refractivity contribution >= 4 is 46.4 Å². The summed E-state index contributed by atoms with van der Waals surface area (Å²) in [6.45, 7) is 0. The van der Waals surface area contributed by atoms with Gasteiger partial charge < -0.3 is 10.4 Å². The summed E-state index contributed by atoms with van der Waals surface area (Å²) in [5, 5.41) is 15.2.